The van der Waals surface area contributed by atoms with E-state index in [0.717, 1.165) is 20.2 Å². The third-order valence-corrected chi connectivity index (χ3v) is 5.42. The highest BCUT2D eigenvalue weighted by atomic mass is 79.9. The number of amides is 1. The maximum atomic E-state index is 12.4. The van der Waals surface area contributed by atoms with Gasteiger partial charge in [-0.15, -0.1) is 11.3 Å². The molecule has 116 valence electrons. The van der Waals surface area contributed by atoms with Crippen LogP contribution in [0.1, 0.15) is 9.67 Å². The second-order valence-electron chi connectivity index (χ2n) is 4.66. The first-order chi connectivity index (χ1) is 11.0. The number of carbonyl (C=O) groups excluding carboxylic acids is 1. The topological polar surface area (TPSA) is 41.1 Å². The van der Waals surface area contributed by atoms with Gasteiger partial charge in [0.1, 0.15) is 4.88 Å². The summed E-state index contributed by atoms with van der Waals surface area (Å²) in [5, 5.41) is 7.17. The van der Waals surface area contributed by atoms with Gasteiger partial charge in [0.2, 0.25) is 0 Å². The normalized spacial score (nSPS) is 10.5. The van der Waals surface area contributed by atoms with Crippen molar-refractivity contribution in [3.63, 3.8) is 0 Å². The van der Waals surface area contributed by atoms with E-state index in [-0.39, 0.29) is 11.0 Å². The van der Waals surface area contributed by atoms with Crippen molar-refractivity contribution in [2.75, 3.05) is 5.32 Å². The van der Waals surface area contributed by atoms with Crippen LogP contribution in [0.25, 0.3) is 10.1 Å². The van der Waals surface area contributed by atoms with Gasteiger partial charge in [0.05, 0.1) is 5.02 Å². The molecule has 0 saturated heterocycles. The highest BCUT2D eigenvalue weighted by Crippen LogP contribution is 2.34. The lowest BCUT2D eigenvalue weighted by molar-refractivity contribution is 0.0982. The van der Waals surface area contributed by atoms with Crippen LogP contribution in [-0.2, 0) is 0 Å². The molecule has 0 aliphatic carbocycles. The van der Waals surface area contributed by atoms with E-state index >= 15 is 0 Å². The number of hydrogen-bond acceptors (Lipinski definition) is 3. The van der Waals surface area contributed by atoms with Crippen LogP contribution in [0.3, 0.4) is 0 Å². The molecule has 2 N–H and O–H groups in total. The second kappa shape index (κ2) is 6.97. The van der Waals surface area contributed by atoms with Gasteiger partial charge >= 0.3 is 0 Å². The molecule has 3 aromatic rings. The minimum atomic E-state index is -0.316. The van der Waals surface area contributed by atoms with E-state index in [1.54, 1.807) is 0 Å². The van der Waals surface area contributed by atoms with Gasteiger partial charge in [-0.1, -0.05) is 51.8 Å². The molecule has 1 amide bonds. The molecular weight excluding hydrogens is 416 g/mol. The summed E-state index contributed by atoms with van der Waals surface area (Å²) in [5.41, 5.74) is 0.784. The molecule has 0 unspecified atom stereocenters. The van der Waals surface area contributed by atoms with Crippen LogP contribution in [0.15, 0.2) is 53.0 Å². The maximum absolute atomic E-state index is 12.4. The highest BCUT2D eigenvalue weighted by molar-refractivity contribution is 9.10. The summed E-state index contributed by atoms with van der Waals surface area (Å²) >= 11 is 16.2. The van der Waals surface area contributed by atoms with Gasteiger partial charge in [-0.2, -0.15) is 0 Å². The van der Waals surface area contributed by atoms with Gasteiger partial charge < -0.3 is 5.32 Å². The zero-order valence-corrected chi connectivity index (χ0v) is 15.6. The number of carbonyl (C=O) groups is 1. The molecule has 0 aliphatic rings. The monoisotopic (exact) mass is 424 g/mol. The van der Waals surface area contributed by atoms with Crippen LogP contribution in [-0.4, -0.2) is 11.0 Å². The van der Waals surface area contributed by atoms with Crippen LogP contribution in [0.5, 0.6) is 0 Å². The van der Waals surface area contributed by atoms with Crippen molar-refractivity contribution < 1.29 is 4.79 Å². The number of hydrogen-bond donors (Lipinski definition) is 2. The Morgan fingerprint density at radius 1 is 1.17 bits per heavy atom. The number of halogens is 2. The Morgan fingerprint density at radius 2 is 1.96 bits per heavy atom. The zero-order valence-electron chi connectivity index (χ0n) is 11.6. The number of anilines is 1. The second-order valence-corrected chi connectivity index (χ2v) is 7.41. The lowest BCUT2D eigenvalue weighted by atomic mass is 10.2. The fraction of sp³-hybridized carbons (Fsp3) is 0. The van der Waals surface area contributed by atoms with Gasteiger partial charge in [-0.05, 0) is 36.5 Å². The minimum absolute atomic E-state index is 0.224. The van der Waals surface area contributed by atoms with Gasteiger partial charge in [-0.3, -0.25) is 10.1 Å². The smallest absolute Gasteiger partial charge is 0.269 e. The molecule has 23 heavy (non-hydrogen) atoms. The number of fused-ring (bicyclic) bond motifs is 1. The van der Waals surface area contributed by atoms with E-state index in [1.165, 1.54) is 11.3 Å². The first kappa shape index (κ1) is 16.4. The molecule has 2 aromatic carbocycles. The molecule has 0 aliphatic heterocycles. The third kappa shape index (κ3) is 3.72. The summed E-state index contributed by atoms with van der Waals surface area (Å²) in [7, 11) is 0. The molecule has 3 rings (SSSR count). The minimum Gasteiger partial charge on any atom is -0.332 e. The summed E-state index contributed by atoms with van der Waals surface area (Å²) in [6, 6.07) is 15.1. The molecule has 0 radical (unpaired) electrons. The largest absolute Gasteiger partial charge is 0.332 e. The molecule has 3 nitrogen and oxygen atoms in total. The summed E-state index contributed by atoms with van der Waals surface area (Å²) in [6.07, 6.45) is 0. The maximum Gasteiger partial charge on any atom is 0.269 e. The molecule has 7 heteroatoms. The van der Waals surface area contributed by atoms with E-state index in [0.29, 0.717) is 9.90 Å². The van der Waals surface area contributed by atoms with Crippen molar-refractivity contribution >= 4 is 77.9 Å². The quantitative estimate of drug-likeness (QED) is 0.537. The molecule has 0 fully saturated rings. The Labute approximate surface area is 155 Å². The number of benzene rings is 2. The van der Waals surface area contributed by atoms with E-state index < -0.39 is 0 Å². The van der Waals surface area contributed by atoms with Gasteiger partial charge in [0, 0.05) is 20.2 Å². The molecular formula is C16H10BrClN2OS2. The van der Waals surface area contributed by atoms with Crippen molar-refractivity contribution in [2.24, 2.45) is 0 Å². The molecule has 1 aromatic heterocycles. The predicted octanol–water partition coefficient (Wildman–Crippen LogP) is 5.44. The average Bonchev–Trinajstić information content (AvgIpc) is 2.85. The van der Waals surface area contributed by atoms with Crippen LogP contribution < -0.4 is 10.6 Å². The van der Waals surface area contributed by atoms with Gasteiger partial charge in [0.15, 0.2) is 5.11 Å². The summed E-state index contributed by atoms with van der Waals surface area (Å²) < 4.78 is 1.89. The van der Waals surface area contributed by atoms with Crippen molar-refractivity contribution in [1.29, 1.82) is 0 Å². The Balaban J connectivity index is 1.75. The molecule has 0 atom stereocenters. The van der Waals surface area contributed by atoms with E-state index in [1.807, 2.05) is 48.5 Å². The van der Waals surface area contributed by atoms with Crippen LogP contribution in [0.4, 0.5) is 5.69 Å². The Kier molecular flexibility index (Phi) is 4.96. The number of thiophene rings is 1. The first-order valence-corrected chi connectivity index (χ1v) is 8.99. The van der Waals surface area contributed by atoms with E-state index in [4.69, 9.17) is 23.8 Å². The predicted molar refractivity (Wildman–Crippen MR) is 105 cm³/mol. The zero-order chi connectivity index (χ0) is 16.4. The summed E-state index contributed by atoms with van der Waals surface area (Å²) in [4.78, 5) is 12.8. The van der Waals surface area contributed by atoms with Crippen LogP contribution in [0, 0.1) is 0 Å². The Hall–Kier alpha value is -1.47. The number of nitrogens with one attached hydrogen (secondary N) is 2. The van der Waals surface area contributed by atoms with Gasteiger partial charge in [0.25, 0.3) is 5.91 Å². The van der Waals surface area contributed by atoms with Crippen molar-refractivity contribution in [3.8, 4) is 0 Å². The summed E-state index contributed by atoms with van der Waals surface area (Å²) in [6.45, 7) is 0. The fourth-order valence-electron chi connectivity index (χ4n) is 2.05. The molecule has 0 spiro atoms. The fourth-order valence-corrected chi connectivity index (χ4v) is 4.07. The molecule has 0 bridgehead atoms. The highest BCUT2D eigenvalue weighted by Gasteiger charge is 2.17. The molecule has 1 heterocycles. The third-order valence-electron chi connectivity index (χ3n) is 3.05. The standard InChI is InChI=1S/C16H10BrClN2OS2/c17-9-4-3-5-10(8-9)19-16(22)20-15(21)14-13(18)11-6-1-2-7-12(11)23-14/h1-8H,(H2,19,20,21,22). The summed E-state index contributed by atoms with van der Waals surface area (Å²) in [5.74, 6) is -0.316. The van der Waals surface area contributed by atoms with Crippen molar-refractivity contribution in [1.82, 2.24) is 5.32 Å². The molecule has 0 saturated carbocycles. The van der Waals surface area contributed by atoms with Crippen molar-refractivity contribution in [3.05, 3.63) is 62.9 Å². The average molecular weight is 426 g/mol. The van der Waals surface area contributed by atoms with E-state index in [9.17, 15) is 4.79 Å². The Morgan fingerprint density at radius 3 is 2.70 bits per heavy atom. The van der Waals surface area contributed by atoms with Crippen LogP contribution >= 0.6 is 51.1 Å². The Bertz CT molecular complexity index is 910. The number of rotatable bonds is 2. The van der Waals surface area contributed by atoms with Crippen molar-refractivity contribution in [2.45, 2.75) is 0 Å². The van der Waals surface area contributed by atoms with E-state index in [2.05, 4.69) is 26.6 Å². The lowest BCUT2D eigenvalue weighted by Gasteiger charge is -2.09. The lowest BCUT2D eigenvalue weighted by Crippen LogP contribution is -2.33. The SMILES string of the molecule is O=C(NC(=S)Nc1cccc(Br)c1)c1sc2ccccc2c1Cl. The number of thiocarbonyl (C=S) groups is 1. The van der Waals surface area contributed by atoms with Gasteiger partial charge in [-0.25, -0.2) is 0 Å². The van der Waals surface area contributed by atoms with Crippen LogP contribution in [0.2, 0.25) is 5.02 Å². The first-order valence-electron chi connectivity index (χ1n) is 6.59.